The summed E-state index contributed by atoms with van der Waals surface area (Å²) in [5.74, 6) is -0.567. The molecule has 6 nitrogen and oxygen atoms in total. The van der Waals surface area contributed by atoms with Crippen molar-refractivity contribution in [3.63, 3.8) is 0 Å². The van der Waals surface area contributed by atoms with Gasteiger partial charge in [-0.2, -0.15) is 4.72 Å². The Hall–Kier alpha value is -2.90. The molecule has 2 N–H and O–H groups in total. The lowest BCUT2D eigenvalue weighted by atomic mass is 10.0. The summed E-state index contributed by atoms with van der Waals surface area (Å²) in [5, 5.41) is 4.64. The first-order chi connectivity index (χ1) is 14.7. The summed E-state index contributed by atoms with van der Waals surface area (Å²) < 4.78 is 28.5. The molecular formula is C24H29N3O3S. The van der Waals surface area contributed by atoms with E-state index in [1.807, 2.05) is 81.4 Å². The van der Waals surface area contributed by atoms with E-state index in [2.05, 4.69) is 10.0 Å². The van der Waals surface area contributed by atoms with Gasteiger partial charge in [-0.15, -0.1) is 0 Å². The van der Waals surface area contributed by atoms with Crippen molar-refractivity contribution in [2.24, 2.45) is 5.92 Å². The number of sulfonamides is 1. The second-order valence-corrected chi connectivity index (χ2v) is 9.84. The first-order valence-electron chi connectivity index (χ1n) is 10.2. The van der Waals surface area contributed by atoms with E-state index in [0.29, 0.717) is 6.54 Å². The zero-order valence-electron chi connectivity index (χ0n) is 18.3. The topological polar surface area (TPSA) is 78.5 Å². The fraction of sp³-hybridized carbons (Fsp3) is 0.292. The SMILES string of the molecule is CC(C)C(NS(=O)(=O)c1ccc2ccccc2c1)C(=O)NCc1ccc(N(C)C)cc1. The molecule has 0 aliphatic rings. The molecule has 0 radical (unpaired) electrons. The van der Waals surface area contributed by atoms with Gasteiger partial charge in [-0.05, 0) is 46.5 Å². The number of hydrogen-bond acceptors (Lipinski definition) is 4. The number of fused-ring (bicyclic) bond motifs is 1. The van der Waals surface area contributed by atoms with Crippen LogP contribution in [0, 0.1) is 5.92 Å². The largest absolute Gasteiger partial charge is 0.378 e. The quantitative estimate of drug-likeness (QED) is 0.563. The molecule has 0 aliphatic carbocycles. The predicted octanol–water partition coefficient (Wildman–Crippen LogP) is 3.53. The lowest BCUT2D eigenvalue weighted by Crippen LogP contribution is -2.49. The highest BCUT2D eigenvalue weighted by Crippen LogP contribution is 2.20. The molecule has 164 valence electrons. The molecule has 3 rings (SSSR count). The molecule has 0 bridgehead atoms. The van der Waals surface area contributed by atoms with Crippen molar-refractivity contribution in [1.29, 1.82) is 0 Å². The van der Waals surface area contributed by atoms with Crippen molar-refractivity contribution in [2.75, 3.05) is 19.0 Å². The van der Waals surface area contributed by atoms with Crippen LogP contribution in [-0.2, 0) is 21.4 Å². The Morgan fingerprint density at radius 2 is 1.58 bits per heavy atom. The van der Waals surface area contributed by atoms with Crippen LogP contribution >= 0.6 is 0 Å². The van der Waals surface area contributed by atoms with Crippen LogP contribution in [0.1, 0.15) is 19.4 Å². The number of nitrogens with one attached hydrogen (secondary N) is 2. The minimum absolute atomic E-state index is 0.143. The Bertz CT molecular complexity index is 1160. The molecule has 3 aromatic carbocycles. The van der Waals surface area contributed by atoms with Gasteiger partial charge in [-0.3, -0.25) is 4.79 Å². The van der Waals surface area contributed by atoms with Gasteiger partial charge >= 0.3 is 0 Å². The zero-order chi connectivity index (χ0) is 22.6. The fourth-order valence-corrected chi connectivity index (χ4v) is 4.65. The number of carbonyl (C=O) groups excluding carboxylic acids is 1. The molecule has 0 saturated heterocycles. The van der Waals surface area contributed by atoms with Crippen LogP contribution in [0.15, 0.2) is 71.6 Å². The van der Waals surface area contributed by atoms with E-state index in [1.54, 1.807) is 18.2 Å². The van der Waals surface area contributed by atoms with Gasteiger partial charge in [0.05, 0.1) is 4.90 Å². The van der Waals surface area contributed by atoms with Crippen molar-refractivity contribution in [3.8, 4) is 0 Å². The van der Waals surface area contributed by atoms with Gasteiger partial charge in [0.25, 0.3) is 0 Å². The number of benzene rings is 3. The van der Waals surface area contributed by atoms with Gasteiger partial charge in [-0.1, -0.05) is 56.3 Å². The van der Waals surface area contributed by atoms with Gasteiger partial charge in [-0.25, -0.2) is 8.42 Å². The molecule has 31 heavy (non-hydrogen) atoms. The van der Waals surface area contributed by atoms with Crippen LogP contribution in [0.2, 0.25) is 0 Å². The first-order valence-corrected chi connectivity index (χ1v) is 11.7. The molecule has 0 spiro atoms. The molecule has 0 aromatic heterocycles. The van der Waals surface area contributed by atoms with Crippen LogP contribution in [0.3, 0.4) is 0 Å². The maximum Gasteiger partial charge on any atom is 0.241 e. The molecule has 0 heterocycles. The number of nitrogens with zero attached hydrogens (tertiary/aromatic N) is 1. The average molecular weight is 440 g/mol. The zero-order valence-corrected chi connectivity index (χ0v) is 19.1. The number of hydrogen-bond donors (Lipinski definition) is 2. The molecule has 7 heteroatoms. The van der Waals surface area contributed by atoms with Gasteiger partial charge in [0.2, 0.25) is 15.9 Å². The average Bonchev–Trinajstić information content (AvgIpc) is 2.75. The molecular weight excluding hydrogens is 410 g/mol. The minimum Gasteiger partial charge on any atom is -0.378 e. The van der Waals surface area contributed by atoms with Gasteiger partial charge in [0.1, 0.15) is 6.04 Å². The number of amides is 1. The molecule has 0 fully saturated rings. The number of carbonyl (C=O) groups is 1. The third-order valence-corrected chi connectivity index (χ3v) is 6.62. The number of anilines is 1. The van der Waals surface area contributed by atoms with Gasteiger partial charge < -0.3 is 10.2 Å². The summed E-state index contributed by atoms with van der Waals surface area (Å²) in [6, 6.07) is 19.5. The summed E-state index contributed by atoms with van der Waals surface area (Å²) in [5.41, 5.74) is 2.01. The third kappa shape index (κ3) is 5.62. The van der Waals surface area contributed by atoms with Crippen LogP contribution in [0.25, 0.3) is 10.8 Å². The van der Waals surface area contributed by atoms with Crippen molar-refractivity contribution in [2.45, 2.75) is 31.3 Å². The van der Waals surface area contributed by atoms with Crippen molar-refractivity contribution < 1.29 is 13.2 Å². The molecule has 0 saturated carbocycles. The van der Waals surface area contributed by atoms with E-state index < -0.39 is 16.1 Å². The summed E-state index contributed by atoms with van der Waals surface area (Å²) in [7, 11) is 0.0725. The summed E-state index contributed by atoms with van der Waals surface area (Å²) in [6.45, 7) is 3.96. The Morgan fingerprint density at radius 3 is 2.19 bits per heavy atom. The molecule has 1 atom stereocenters. The Balaban J connectivity index is 1.72. The Kier molecular flexibility index (Phi) is 6.97. The van der Waals surface area contributed by atoms with Crippen LogP contribution in [0.4, 0.5) is 5.69 Å². The van der Waals surface area contributed by atoms with E-state index in [4.69, 9.17) is 0 Å². The van der Waals surface area contributed by atoms with Crippen molar-refractivity contribution in [3.05, 3.63) is 72.3 Å². The normalized spacial score (nSPS) is 12.7. The third-order valence-electron chi connectivity index (χ3n) is 5.18. The highest BCUT2D eigenvalue weighted by atomic mass is 32.2. The maximum absolute atomic E-state index is 13.0. The van der Waals surface area contributed by atoms with Crippen LogP contribution in [0.5, 0.6) is 0 Å². The second-order valence-electron chi connectivity index (χ2n) is 8.13. The monoisotopic (exact) mass is 439 g/mol. The van der Waals surface area contributed by atoms with Gasteiger partial charge in [0, 0.05) is 26.3 Å². The van der Waals surface area contributed by atoms with E-state index in [0.717, 1.165) is 22.0 Å². The lowest BCUT2D eigenvalue weighted by Gasteiger charge is -2.22. The Morgan fingerprint density at radius 1 is 0.935 bits per heavy atom. The van der Waals surface area contributed by atoms with Crippen LogP contribution < -0.4 is 14.9 Å². The highest BCUT2D eigenvalue weighted by molar-refractivity contribution is 7.89. The summed E-state index contributed by atoms with van der Waals surface area (Å²) >= 11 is 0. The van der Waals surface area contributed by atoms with E-state index >= 15 is 0 Å². The number of rotatable bonds is 8. The van der Waals surface area contributed by atoms with E-state index in [-0.39, 0.29) is 16.7 Å². The predicted molar refractivity (Wildman–Crippen MR) is 126 cm³/mol. The smallest absolute Gasteiger partial charge is 0.241 e. The molecule has 0 aliphatic heterocycles. The minimum atomic E-state index is -3.86. The van der Waals surface area contributed by atoms with E-state index in [1.165, 1.54) is 0 Å². The standard InChI is InChI=1S/C24H29N3O3S/c1-17(2)23(24(28)25-16-18-9-12-21(13-10-18)27(3)4)26-31(29,30)22-14-11-19-7-5-6-8-20(19)15-22/h5-15,17,23,26H,16H2,1-4H3,(H,25,28). The highest BCUT2D eigenvalue weighted by Gasteiger charge is 2.28. The molecule has 1 amide bonds. The van der Waals surface area contributed by atoms with Crippen molar-refractivity contribution in [1.82, 2.24) is 10.0 Å². The Labute approximate surface area is 184 Å². The van der Waals surface area contributed by atoms with Crippen molar-refractivity contribution >= 4 is 32.4 Å². The summed E-state index contributed by atoms with van der Waals surface area (Å²) in [6.07, 6.45) is 0. The fourth-order valence-electron chi connectivity index (χ4n) is 3.27. The van der Waals surface area contributed by atoms with Gasteiger partial charge in [0.15, 0.2) is 0 Å². The summed E-state index contributed by atoms with van der Waals surface area (Å²) in [4.78, 5) is 14.9. The maximum atomic E-state index is 13.0. The molecule has 3 aromatic rings. The van der Waals surface area contributed by atoms with Crippen LogP contribution in [-0.4, -0.2) is 34.5 Å². The first kappa shape index (κ1) is 22.8. The van der Waals surface area contributed by atoms with E-state index in [9.17, 15) is 13.2 Å². The lowest BCUT2D eigenvalue weighted by molar-refractivity contribution is -0.123. The second kappa shape index (κ2) is 9.49. The molecule has 1 unspecified atom stereocenters.